The molecule has 0 bridgehead atoms. The maximum atomic E-state index is 12.4. The van der Waals surface area contributed by atoms with E-state index in [0.717, 1.165) is 16.3 Å². The average Bonchev–Trinajstić information content (AvgIpc) is 3.05. The molecule has 0 saturated carbocycles. The number of esters is 2. The maximum absolute atomic E-state index is 12.4. The Bertz CT molecular complexity index is 1310. The minimum atomic E-state index is -0.656. The standard InChI is InChI=1S/C25H15ClO4/c26-21-9-5-4-8-19(21)22-18-11-10-17(29-14-15-6-2-1-3-7-15)12-16(18)13-20-23(22)25(28)30-24(20)27/h1-13H,14H2. The third-order valence-corrected chi connectivity index (χ3v) is 5.44. The summed E-state index contributed by atoms with van der Waals surface area (Å²) < 4.78 is 10.8. The van der Waals surface area contributed by atoms with Crippen molar-refractivity contribution in [1.82, 2.24) is 0 Å². The first kappa shape index (κ1) is 18.4. The summed E-state index contributed by atoms with van der Waals surface area (Å²) in [6, 6.07) is 24.3. The van der Waals surface area contributed by atoms with Crippen molar-refractivity contribution in [2.24, 2.45) is 0 Å². The largest absolute Gasteiger partial charge is 0.489 e. The number of rotatable bonds is 4. The van der Waals surface area contributed by atoms with Gasteiger partial charge in [-0.15, -0.1) is 0 Å². The lowest BCUT2D eigenvalue weighted by Gasteiger charge is -2.13. The molecule has 0 atom stereocenters. The summed E-state index contributed by atoms with van der Waals surface area (Å²) in [6.45, 7) is 0.426. The van der Waals surface area contributed by atoms with Crippen LogP contribution in [0, 0.1) is 0 Å². The van der Waals surface area contributed by atoms with Gasteiger partial charge in [0, 0.05) is 16.1 Å². The number of cyclic esters (lactones) is 2. The second kappa shape index (κ2) is 7.32. The van der Waals surface area contributed by atoms with Gasteiger partial charge in [-0.25, -0.2) is 9.59 Å². The SMILES string of the molecule is O=C1OC(=O)c2c1cc1cc(OCc3ccccc3)ccc1c2-c1ccccc1Cl. The number of halogens is 1. The van der Waals surface area contributed by atoms with Crippen LogP contribution >= 0.6 is 11.6 Å². The van der Waals surface area contributed by atoms with Crippen molar-refractivity contribution in [2.75, 3.05) is 0 Å². The number of hydrogen-bond acceptors (Lipinski definition) is 4. The molecule has 1 aliphatic heterocycles. The van der Waals surface area contributed by atoms with Gasteiger partial charge in [-0.2, -0.15) is 0 Å². The van der Waals surface area contributed by atoms with Gasteiger partial charge in [0.25, 0.3) is 0 Å². The van der Waals surface area contributed by atoms with E-state index in [0.29, 0.717) is 28.5 Å². The number of fused-ring (bicyclic) bond motifs is 2. The average molecular weight is 415 g/mol. The molecule has 0 aliphatic carbocycles. The zero-order valence-electron chi connectivity index (χ0n) is 15.7. The Morgan fingerprint density at radius 3 is 2.33 bits per heavy atom. The molecule has 0 aromatic heterocycles. The van der Waals surface area contributed by atoms with Crippen molar-refractivity contribution in [2.45, 2.75) is 6.61 Å². The molecule has 0 radical (unpaired) electrons. The van der Waals surface area contributed by atoms with Crippen molar-refractivity contribution in [3.05, 3.63) is 101 Å². The van der Waals surface area contributed by atoms with Crippen LogP contribution in [0.3, 0.4) is 0 Å². The van der Waals surface area contributed by atoms with E-state index in [1.807, 2.05) is 66.7 Å². The van der Waals surface area contributed by atoms with Crippen molar-refractivity contribution in [3.8, 4) is 16.9 Å². The Hall–Kier alpha value is -3.63. The molecule has 146 valence electrons. The van der Waals surface area contributed by atoms with Crippen molar-refractivity contribution >= 4 is 34.3 Å². The number of hydrogen-bond donors (Lipinski definition) is 0. The molecule has 0 spiro atoms. The third-order valence-electron chi connectivity index (χ3n) is 5.11. The topological polar surface area (TPSA) is 52.6 Å². The summed E-state index contributed by atoms with van der Waals surface area (Å²) in [7, 11) is 0. The van der Waals surface area contributed by atoms with Crippen molar-refractivity contribution in [3.63, 3.8) is 0 Å². The second-order valence-corrected chi connectivity index (χ2v) is 7.40. The summed E-state index contributed by atoms with van der Waals surface area (Å²) >= 11 is 6.43. The molecule has 0 saturated heterocycles. The number of carbonyl (C=O) groups is 2. The summed E-state index contributed by atoms with van der Waals surface area (Å²) in [6.07, 6.45) is 0. The molecule has 0 amide bonds. The van der Waals surface area contributed by atoms with E-state index in [1.165, 1.54) is 0 Å². The first-order valence-electron chi connectivity index (χ1n) is 9.41. The lowest BCUT2D eigenvalue weighted by molar-refractivity contribution is 0.0444. The van der Waals surface area contributed by atoms with E-state index >= 15 is 0 Å². The van der Waals surface area contributed by atoms with Crippen molar-refractivity contribution < 1.29 is 19.1 Å². The fourth-order valence-corrected chi connectivity index (χ4v) is 3.95. The molecule has 0 fully saturated rings. The summed E-state index contributed by atoms with van der Waals surface area (Å²) in [5.41, 5.74) is 2.81. The van der Waals surface area contributed by atoms with Crippen LogP contribution in [0.2, 0.25) is 5.02 Å². The fourth-order valence-electron chi connectivity index (χ4n) is 3.72. The quantitative estimate of drug-likeness (QED) is 0.301. The summed E-state index contributed by atoms with van der Waals surface area (Å²) in [4.78, 5) is 24.7. The molecule has 4 nitrogen and oxygen atoms in total. The van der Waals surface area contributed by atoms with Crippen molar-refractivity contribution in [1.29, 1.82) is 0 Å². The first-order chi connectivity index (χ1) is 14.6. The monoisotopic (exact) mass is 414 g/mol. The highest BCUT2D eigenvalue weighted by Crippen LogP contribution is 2.41. The van der Waals surface area contributed by atoms with Crippen LogP contribution in [-0.2, 0) is 11.3 Å². The summed E-state index contributed by atoms with van der Waals surface area (Å²) in [5, 5.41) is 2.05. The second-order valence-electron chi connectivity index (χ2n) is 6.99. The molecular weight excluding hydrogens is 400 g/mol. The van der Waals surface area contributed by atoms with Gasteiger partial charge in [-0.05, 0) is 40.6 Å². The number of ether oxygens (including phenoxy) is 2. The van der Waals surface area contributed by atoms with Gasteiger partial charge in [-0.1, -0.05) is 66.2 Å². The van der Waals surface area contributed by atoms with E-state index in [1.54, 1.807) is 12.1 Å². The molecule has 5 rings (SSSR count). The highest BCUT2D eigenvalue weighted by atomic mass is 35.5. The zero-order chi connectivity index (χ0) is 20.7. The molecule has 0 unspecified atom stereocenters. The predicted molar refractivity (Wildman–Crippen MR) is 115 cm³/mol. The van der Waals surface area contributed by atoms with E-state index in [4.69, 9.17) is 21.1 Å². The maximum Gasteiger partial charge on any atom is 0.347 e. The summed E-state index contributed by atoms with van der Waals surface area (Å²) in [5.74, 6) is -0.647. The number of benzene rings is 4. The Morgan fingerprint density at radius 2 is 1.53 bits per heavy atom. The van der Waals surface area contributed by atoms with Gasteiger partial charge in [0.15, 0.2) is 0 Å². The lowest BCUT2D eigenvalue weighted by atomic mass is 9.90. The molecule has 0 N–H and O–H groups in total. The van der Waals surface area contributed by atoms with Crippen LogP contribution in [0.4, 0.5) is 0 Å². The van der Waals surface area contributed by atoms with Crippen LogP contribution in [0.15, 0.2) is 78.9 Å². The molecule has 4 aromatic rings. The van der Waals surface area contributed by atoms with Gasteiger partial charge in [0.2, 0.25) is 0 Å². The Kier molecular flexibility index (Phi) is 4.49. The number of carbonyl (C=O) groups excluding carboxylic acids is 2. The van der Waals surface area contributed by atoms with Crippen LogP contribution < -0.4 is 4.74 Å². The Labute approximate surface area is 177 Å². The Balaban J connectivity index is 1.66. The highest BCUT2D eigenvalue weighted by Gasteiger charge is 2.34. The van der Waals surface area contributed by atoms with E-state index in [-0.39, 0.29) is 11.1 Å². The normalized spacial score (nSPS) is 12.7. The van der Waals surface area contributed by atoms with E-state index in [2.05, 4.69) is 0 Å². The highest BCUT2D eigenvalue weighted by molar-refractivity contribution is 6.34. The fraction of sp³-hybridized carbons (Fsp3) is 0.0400. The van der Waals surface area contributed by atoms with Crippen LogP contribution in [0.5, 0.6) is 5.75 Å². The van der Waals surface area contributed by atoms with Gasteiger partial charge in [-0.3, -0.25) is 0 Å². The lowest BCUT2D eigenvalue weighted by Crippen LogP contribution is -2.00. The van der Waals surface area contributed by atoms with Gasteiger partial charge >= 0.3 is 11.9 Å². The third kappa shape index (κ3) is 3.11. The zero-order valence-corrected chi connectivity index (χ0v) is 16.5. The molecule has 5 heteroatoms. The van der Waals surface area contributed by atoms with Crippen LogP contribution in [0.25, 0.3) is 21.9 Å². The van der Waals surface area contributed by atoms with Crippen LogP contribution in [0.1, 0.15) is 26.3 Å². The van der Waals surface area contributed by atoms with E-state index < -0.39 is 11.9 Å². The van der Waals surface area contributed by atoms with Gasteiger partial charge in [0.05, 0.1) is 11.1 Å². The Morgan fingerprint density at radius 1 is 0.767 bits per heavy atom. The smallest absolute Gasteiger partial charge is 0.347 e. The first-order valence-corrected chi connectivity index (χ1v) is 9.78. The van der Waals surface area contributed by atoms with E-state index in [9.17, 15) is 9.59 Å². The molecule has 4 aromatic carbocycles. The molecule has 1 heterocycles. The minimum Gasteiger partial charge on any atom is -0.489 e. The predicted octanol–water partition coefficient (Wildman–Crippen LogP) is 6.05. The molecule has 30 heavy (non-hydrogen) atoms. The van der Waals surface area contributed by atoms with Gasteiger partial charge < -0.3 is 9.47 Å². The van der Waals surface area contributed by atoms with Crippen LogP contribution in [-0.4, -0.2) is 11.9 Å². The van der Waals surface area contributed by atoms with Gasteiger partial charge in [0.1, 0.15) is 12.4 Å². The molecular formula is C25H15ClO4. The minimum absolute atomic E-state index is 0.239. The molecule has 1 aliphatic rings.